The van der Waals surface area contributed by atoms with Crippen molar-refractivity contribution in [2.75, 3.05) is 46.1 Å². The fraction of sp³-hybridized carbons (Fsp3) is 0.632. The summed E-state index contributed by atoms with van der Waals surface area (Å²) in [5.41, 5.74) is 0.962. The molecule has 27 heavy (non-hydrogen) atoms. The Morgan fingerprint density at radius 1 is 1.30 bits per heavy atom. The Morgan fingerprint density at radius 3 is 2.74 bits per heavy atom. The molecule has 1 unspecified atom stereocenters. The van der Waals surface area contributed by atoms with Crippen molar-refractivity contribution in [1.82, 2.24) is 10.6 Å². The third kappa shape index (κ3) is 9.65. The van der Waals surface area contributed by atoms with Crippen LogP contribution in [-0.4, -0.2) is 52.0 Å². The number of hydrogen-bond donors (Lipinski definition) is 2. The molecule has 1 fully saturated rings. The summed E-state index contributed by atoms with van der Waals surface area (Å²) in [6, 6.07) is 5.58. The van der Waals surface area contributed by atoms with Gasteiger partial charge in [0.15, 0.2) is 5.96 Å². The average Bonchev–Trinajstić information content (AvgIpc) is 3.13. The maximum atomic E-state index is 6.21. The van der Waals surface area contributed by atoms with Crippen LogP contribution in [-0.2, 0) is 15.9 Å². The van der Waals surface area contributed by atoms with E-state index in [1.54, 1.807) is 0 Å². The molecule has 5 nitrogen and oxygen atoms in total. The zero-order valence-corrected chi connectivity index (χ0v) is 19.7. The molecule has 0 radical (unpaired) electrons. The maximum Gasteiger partial charge on any atom is 0.191 e. The van der Waals surface area contributed by atoms with E-state index in [0.29, 0.717) is 22.5 Å². The van der Waals surface area contributed by atoms with Crippen molar-refractivity contribution in [2.24, 2.45) is 10.9 Å². The topological polar surface area (TPSA) is 54.9 Å². The predicted molar refractivity (Wildman–Crippen MR) is 124 cm³/mol. The molecule has 1 aromatic carbocycles. The van der Waals surface area contributed by atoms with Crippen LogP contribution in [0.25, 0.3) is 0 Å². The molecule has 0 aromatic heterocycles. The molecule has 1 atom stereocenters. The number of rotatable bonds is 10. The van der Waals surface area contributed by atoms with Gasteiger partial charge in [0.05, 0.1) is 13.2 Å². The summed E-state index contributed by atoms with van der Waals surface area (Å²) in [7, 11) is 0. The van der Waals surface area contributed by atoms with Gasteiger partial charge in [-0.2, -0.15) is 0 Å². The Kier molecular flexibility index (Phi) is 13.5. The smallest absolute Gasteiger partial charge is 0.191 e. The van der Waals surface area contributed by atoms with Crippen molar-refractivity contribution in [3.05, 3.63) is 33.8 Å². The molecule has 1 aliphatic rings. The first-order valence-corrected chi connectivity index (χ1v) is 10.1. The van der Waals surface area contributed by atoms with Crippen LogP contribution in [0.5, 0.6) is 0 Å². The zero-order valence-electron chi connectivity index (χ0n) is 15.8. The Labute approximate surface area is 189 Å². The monoisotopic (exact) mass is 529 g/mol. The van der Waals surface area contributed by atoms with E-state index in [0.717, 1.165) is 70.3 Å². The van der Waals surface area contributed by atoms with Gasteiger partial charge >= 0.3 is 0 Å². The van der Waals surface area contributed by atoms with E-state index in [1.807, 2.05) is 18.2 Å². The Hall–Kier alpha value is -0.280. The lowest BCUT2D eigenvalue weighted by Crippen LogP contribution is -2.38. The molecule has 0 aliphatic carbocycles. The lowest BCUT2D eigenvalue weighted by atomic mass is 10.1. The Balaban J connectivity index is 0.00000364. The van der Waals surface area contributed by atoms with Gasteiger partial charge in [0.1, 0.15) is 0 Å². The molecule has 0 bridgehead atoms. The number of halogens is 3. The third-order valence-electron chi connectivity index (χ3n) is 4.17. The van der Waals surface area contributed by atoms with Crippen molar-refractivity contribution < 1.29 is 9.47 Å². The summed E-state index contributed by atoms with van der Waals surface area (Å²) in [5, 5.41) is 7.97. The van der Waals surface area contributed by atoms with Crippen LogP contribution in [0.3, 0.4) is 0 Å². The molecule has 2 N–H and O–H groups in total. The van der Waals surface area contributed by atoms with Crippen molar-refractivity contribution in [3.63, 3.8) is 0 Å². The van der Waals surface area contributed by atoms with E-state index in [-0.39, 0.29) is 24.0 Å². The van der Waals surface area contributed by atoms with E-state index in [4.69, 9.17) is 32.7 Å². The second-order valence-corrected chi connectivity index (χ2v) is 7.11. The van der Waals surface area contributed by atoms with Gasteiger partial charge in [0.2, 0.25) is 0 Å². The van der Waals surface area contributed by atoms with Crippen molar-refractivity contribution in [3.8, 4) is 0 Å². The van der Waals surface area contributed by atoms with Gasteiger partial charge in [-0.25, -0.2) is 0 Å². The van der Waals surface area contributed by atoms with Crippen molar-refractivity contribution in [2.45, 2.75) is 26.2 Å². The molecule has 1 saturated heterocycles. The number of ether oxygens (including phenoxy) is 2. The van der Waals surface area contributed by atoms with E-state index in [1.165, 1.54) is 0 Å². The van der Waals surface area contributed by atoms with Crippen molar-refractivity contribution >= 4 is 53.1 Å². The van der Waals surface area contributed by atoms with Gasteiger partial charge in [-0.1, -0.05) is 29.3 Å². The van der Waals surface area contributed by atoms with E-state index in [9.17, 15) is 0 Å². The van der Waals surface area contributed by atoms with Crippen LogP contribution in [0.1, 0.15) is 25.3 Å². The van der Waals surface area contributed by atoms with E-state index >= 15 is 0 Å². The van der Waals surface area contributed by atoms with Crippen LogP contribution >= 0.6 is 47.2 Å². The summed E-state index contributed by atoms with van der Waals surface area (Å²) >= 11 is 12.4. The SMILES string of the molecule is CCNC(=NCCCOCC1CCOC1)NCCc1c(Cl)cccc1Cl.I. The molecule has 154 valence electrons. The highest BCUT2D eigenvalue weighted by molar-refractivity contribution is 14.0. The summed E-state index contributed by atoms with van der Waals surface area (Å²) in [5.74, 6) is 1.37. The Morgan fingerprint density at radius 2 is 2.07 bits per heavy atom. The summed E-state index contributed by atoms with van der Waals surface area (Å²) in [6.07, 6.45) is 2.76. The molecular weight excluding hydrogens is 500 g/mol. The first kappa shape index (κ1) is 24.8. The van der Waals surface area contributed by atoms with Gasteiger partial charge in [-0.05, 0) is 43.9 Å². The number of nitrogens with one attached hydrogen (secondary N) is 2. The molecule has 1 aromatic rings. The molecule has 0 spiro atoms. The van der Waals surface area contributed by atoms with Crippen molar-refractivity contribution in [1.29, 1.82) is 0 Å². The molecule has 0 saturated carbocycles. The highest BCUT2D eigenvalue weighted by atomic mass is 127. The number of aliphatic imine (C=N–C) groups is 1. The first-order valence-electron chi connectivity index (χ1n) is 9.31. The number of guanidine groups is 1. The fourth-order valence-electron chi connectivity index (χ4n) is 2.74. The molecular formula is C19H30Cl2IN3O2. The first-order chi connectivity index (χ1) is 12.7. The van der Waals surface area contributed by atoms with Gasteiger partial charge in [-0.3, -0.25) is 4.99 Å². The van der Waals surface area contributed by atoms with E-state index < -0.39 is 0 Å². The van der Waals surface area contributed by atoms with Crippen LogP contribution in [0.4, 0.5) is 0 Å². The van der Waals surface area contributed by atoms with Gasteiger partial charge in [0, 0.05) is 48.8 Å². The minimum Gasteiger partial charge on any atom is -0.381 e. The normalized spacial score (nSPS) is 16.9. The van der Waals surface area contributed by atoms with Crippen LogP contribution in [0.15, 0.2) is 23.2 Å². The average molecular weight is 530 g/mol. The highest BCUT2D eigenvalue weighted by Crippen LogP contribution is 2.24. The molecule has 0 amide bonds. The van der Waals surface area contributed by atoms with E-state index in [2.05, 4.69) is 22.5 Å². The third-order valence-corrected chi connectivity index (χ3v) is 4.88. The largest absolute Gasteiger partial charge is 0.381 e. The minimum atomic E-state index is 0. The van der Waals surface area contributed by atoms with Gasteiger partial charge < -0.3 is 20.1 Å². The molecule has 1 heterocycles. The quantitative estimate of drug-likeness (QED) is 0.207. The highest BCUT2D eigenvalue weighted by Gasteiger charge is 2.15. The van der Waals surface area contributed by atoms with Crippen LogP contribution in [0.2, 0.25) is 10.0 Å². The standard InChI is InChI=1S/C19H29Cl2N3O2.HI/c1-2-22-19(23-9-4-11-25-13-15-8-12-26-14-15)24-10-7-16-17(20)5-3-6-18(16)21;/h3,5-6,15H,2,4,7-14H2,1H3,(H2,22,23,24);1H. The molecule has 2 rings (SSSR count). The molecule has 8 heteroatoms. The maximum absolute atomic E-state index is 6.21. The van der Waals surface area contributed by atoms with Gasteiger partial charge in [-0.15, -0.1) is 24.0 Å². The predicted octanol–water partition coefficient (Wildman–Crippen LogP) is 4.15. The van der Waals surface area contributed by atoms with Crippen LogP contribution in [0, 0.1) is 5.92 Å². The number of benzene rings is 1. The summed E-state index contributed by atoms with van der Waals surface area (Å²) < 4.78 is 11.0. The van der Waals surface area contributed by atoms with Crippen LogP contribution < -0.4 is 10.6 Å². The van der Waals surface area contributed by atoms with Gasteiger partial charge in [0.25, 0.3) is 0 Å². The second kappa shape index (κ2) is 14.7. The lowest BCUT2D eigenvalue weighted by Gasteiger charge is -2.13. The second-order valence-electron chi connectivity index (χ2n) is 6.30. The summed E-state index contributed by atoms with van der Waals surface area (Å²) in [6.45, 7) is 7.54. The lowest BCUT2D eigenvalue weighted by molar-refractivity contribution is 0.0893. The minimum absolute atomic E-state index is 0. The summed E-state index contributed by atoms with van der Waals surface area (Å²) in [4.78, 5) is 4.58. The number of nitrogens with zero attached hydrogens (tertiary/aromatic N) is 1. The zero-order chi connectivity index (χ0) is 18.6. The Bertz CT molecular complexity index is 550. The molecule has 1 aliphatic heterocycles. The fourth-order valence-corrected chi connectivity index (χ4v) is 3.33. The number of hydrogen-bond acceptors (Lipinski definition) is 3.